The molecule has 0 bridgehead atoms. The van der Waals surface area contributed by atoms with E-state index in [0.717, 1.165) is 13.0 Å². The van der Waals surface area contributed by atoms with E-state index in [2.05, 4.69) is 36.1 Å². The minimum absolute atomic E-state index is 0.0352. The summed E-state index contributed by atoms with van der Waals surface area (Å²) in [4.78, 5) is 2.14. The molecule has 0 radical (unpaired) electrons. The van der Waals surface area contributed by atoms with Gasteiger partial charge in [-0.3, -0.25) is 0 Å². The van der Waals surface area contributed by atoms with Gasteiger partial charge in [0.2, 0.25) is 0 Å². The van der Waals surface area contributed by atoms with Crippen molar-refractivity contribution < 1.29 is 8.42 Å². The molecule has 0 aromatic heterocycles. The molecule has 0 heterocycles. The van der Waals surface area contributed by atoms with Crippen LogP contribution in [0.4, 0.5) is 0 Å². The quantitative estimate of drug-likeness (QED) is 0.776. The molecule has 0 aliphatic carbocycles. The molecule has 0 unspecified atom stereocenters. The Kier molecular flexibility index (Phi) is 6.21. The van der Waals surface area contributed by atoms with Gasteiger partial charge in [0.25, 0.3) is 0 Å². The lowest BCUT2D eigenvalue weighted by atomic mass is 9.97. The molecule has 4 heteroatoms. The number of rotatable bonds is 7. The summed E-state index contributed by atoms with van der Waals surface area (Å²) in [6.07, 6.45) is 2.34. The van der Waals surface area contributed by atoms with Gasteiger partial charge in [0.1, 0.15) is 0 Å². The third-order valence-electron chi connectivity index (χ3n) is 4.33. The van der Waals surface area contributed by atoms with Gasteiger partial charge in [0.05, 0.1) is 5.25 Å². The Hall–Kier alpha value is -0.870. The summed E-state index contributed by atoms with van der Waals surface area (Å²) in [5.74, 6) is 0.486. The summed E-state index contributed by atoms with van der Waals surface area (Å²) >= 11 is 0. The zero-order valence-corrected chi connectivity index (χ0v) is 14.0. The van der Waals surface area contributed by atoms with Crippen LogP contribution in [0.1, 0.15) is 38.7 Å². The number of benzene rings is 1. The van der Waals surface area contributed by atoms with E-state index in [4.69, 9.17) is 0 Å². The van der Waals surface area contributed by atoms with Crippen LogP contribution in [0.15, 0.2) is 30.3 Å². The van der Waals surface area contributed by atoms with Crippen molar-refractivity contribution in [3.05, 3.63) is 35.9 Å². The monoisotopic (exact) mass is 297 g/mol. The second-order valence-electron chi connectivity index (χ2n) is 5.86. The van der Waals surface area contributed by atoms with Crippen molar-refractivity contribution in [2.24, 2.45) is 0 Å². The van der Waals surface area contributed by atoms with Crippen molar-refractivity contribution in [2.75, 3.05) is 19.8 Å². The van der Waals surface area contributed by atoms with Gasteiger partial charge in [-0.05, 0) is 45.3 Å². The molecule has 0 N–H and O–H groups in total. The van der Waals surface area contributed by atoms with Crippen LogP contribution in [0.25, 0.3) is 0 Å². The lowest BCUT2D eigenvalue weighted by molar-refractivity contribution is 0.245. The van der Waals surface area contributed by atoms with Gasteiger partial charge in [-0.15, -0.1) is 0 Å². The molecule has 0 spiro atoms. The molecule has 0 amide bonds. The molecular weight excluding hydrogens is 270 g/mol. The topological polar surface area (TPSA) is 37.4 Å². The van der Waals surface area contributed by atoms with Gasteiger partial charge < -0.3 is 4.90 Å². The lowest BCUT2D eigenvalue weighted by Crippen LogP contribution is -2.41. The van der Waals surface area contributed by atoms with Gasteiger partial charge in [-0.25, -0.2) is 8.42 Å². The SMILES string of the molecule is C[C@H](CCN(C)[C@H](C)[C@@H](C)S(C)(=O)=O)c1ccccc1. The first-order valence-electron chi connectivity index (χ1n) is 7.17. The van der Waals surface area contributed by atoms with Crippen molar-refractivity contribution in [3.63, 3.8) is 0 Å². The molecule has 20 heavy (non-hydrogen) atoms. The predicted molar refractivity (Wildman–Crippen MR) is 85.9 cm³/mol. The molecule has 1 rings (SSSR count). The minimum atomic E-state index is -2.98. The molecular formula is C16H27NO2S. The largest absolute Gasteiger partial charge is 0.302 e. The summed E-state index contributed by atoms with van der Waals surface area (Å²) < 4.78 is 23.2. The molecule has 0 saturated heterocycles. The first kappa shape index (κ1) is 17.2. The average molecular weight is 297 g/mol. The Labute approximate surface area is 123 Å². The highest BCUT2D eigenvalue weighted by Crippen LogP contribution is 2.20. The van der Waals surface area contributed by atoms with Crippen LogP contribution in [-0.2, 0) is 9.84 Å². The number of hydrogen-bond acceptors (Lipinski definition) is 3. The van der Waals surface area contributed by atoms with E-state index >= 15 is 0 Å². The molecule has 114 valence electrons. The minimum Gasteiger partial charge on any atom is -0.302 e. The number of sulfone groups is 1. The van der Waals surface area contributed by atoms with Crippen LogP contribution < -0.4 is 0 Å². The van der Waals surface area contributed by atoms with E-state index in [0.29, 0.717) is 5.92 Å². The van der Waals surface area contributed by atoms with E-state index in [1.165, 1.54) is 11.8 Å². The van der Waals surface area contributed by atoms with Crippen LogP contribution in [-0.4, -0.2) is 44.5 Å². The van der Waals surface area contributed by atoms with Crippen LogP contribution in [0.2, 0.25) is 0 Å². The van der Waals surface area contributed by atoms with E-state index < -0.39 is 9.84 Å². The third-order valence-corrected chi connectivity index (χ3v) is 6.08. The number of hydrogen-bond donors (Lipinski definition) is 0. The first-order chi connectivity index (χ1) is 9.23. The Morgan fingerprint density at radius 3 is 2.15 bits per heavy atom. The fourth-order valence-corrected chi connectivity index (χ4v) is 3.19. The fraction of sp³-hybridized carbons (Fsp3) is 0.625. The fourth-order valence-electron chi connectivity index (χ4n) is 2.27. The summed E-state index contributed by atoms with van der Waals surface area (Å²) in [5, 5.41) is -0.334. The average Bonchev–Trinajstić information content (AvgIpc) is 2.42. The number of nitrogens with zero attached hydrogens (tertiary/aromatic N) is 1. The Morgan fingerprint density at radius 2 is 1.65 bits per heavy atom. The van der Waals surface area contributed by atoms with Gasteiger partial charge in [-0.1, -0.05) is 37.3 Å². The lowest BCUT2D eigenvalue weighted by Gasteiger charge is -2.29. The van der Waals surface area contributed by atoms with Crippen molar-refractivity contribution >= 4 is 9.84 Å². The van der Waals surface area contributed by atoms with Gasteiger partial charge in [-0.2, -0.15) is 0 Å². The molecule has 3 atom stereocenters. The van der Waals surface area contributed by atoms with Crippen molar-refractivity contribution in [3.8, 4) is 0 Å². The van der Waals surface area contributed by atoms with Gasteiger partial charge >= 0.3 is 0 Å². The highest BCUT2D eigenvalue weighted by Gasteiger charge is 2.25. The second kappa shape index (κ2) is 7.23. The van der Waals surface area contributed by atoms with E-state index in [1.807, 2.05) is 20.0 Å². The summed E-state index contributed by atoms with van der Waals surface area (Å²) in [5.41, 5.74) is 1.34. The zero-order valence-electron chi connectivity index (χ0n) is 13.2. The van der Waals surface area contributed by atoms with E-state index in [9.17, 15) is 8.42 Å². The smallest absolute Gasteiger partial charge is 0.151 e. The maximum absolute atomic E-state index is 11.6. The summed E-state index contributed by atoms with van der Waals surface area (Å²) in [7, 11) is -0.975. The summed E-state index contributed by atoms with van der Waals surface area (Å²) in [6, 6.07) is 10.5. The highest BCUT2D eigenvalue weighted by atomic mass is 32.2. The van der Waals surface area contributed by atoms with Gasteiger partial charge in [0.15, 0.2) is 9.84 Å². The van der Waals surface area contributed by atoms with Crippen molar-refractivity contribution in [2.45, 2.75) is 44.4 Å². The molecule has 0 aliphatic heterocycles. The Balaban J connectivity index is 2.53. The molecule has 1 aromatic carbocycles. The molecule has 0 saturated carbocycles. The van der Waals surface area contributed by atoms with Crippen LogP contribution in [0.3, 0.4) is 0 Å². The standard InChI is InChI=1S/C16H27NO2S/c1-13(16-9-7-6-8-10-16)11-12-17(4)14(2)15(3)20(5,18)19/h6-10,13-15H,11-12H2,1-5H3/t13-,14-,15-/m1/s1. The van der Waals surface area contributed by atoms with Gasteiger partial charge in [0, 0.05) is 12.3 Å². The molecule has 0 fully saturated rings. The Morgan fingerprint density at radius 1 is 1.10 bits per heavy atom. The van der Waals surface area contributed by atoms with Crippen LogP contribution in [0, 0.1) is 0 Å². The van der Waals surface area contributed by atoms with Crippen molar-refractivity contribution in [1.82, 2.24) is 4.90 Å². The first-order valence-corrected chi connectivity index (χ1v) is 9.13. The molecule has 3 nitrogen and oxygen atoms in total. The normalized spacial score (nSPS) is 16.9. The summed E-state index contributed by atoms with van der Waals surface area (Å²) in [6.45, 7) is 6.89. The maximum atomic E-state index is 11.6. The third kappa shape index (κ3) is 4.91. The molecule has 1 aromatic rings. The maximum Gasteiger partial charge on any atom is 0.151 e. The van der Waals surface area contributed by atoms with E-state index in [-0.39, 0.29) is 11.3 Å². The van der Waals surface area contributed by atoms with Crippen LogP contribution in [0.5, 0.6) is 0 Å². The predicted octanol–water partition coefficient (Wildman–Crippen LogP) is 2.93. The van der Waals surface area contributed by atoms with E-state index in [1.54, 1.807) is 6.92 Å². The Bertz CT molecular complexity index is 498. The molecule has 0 aliphatic rings. The van der Waals surface area contributed by atoms with Crippen molar-refractivity contribution in [1.29, 1.82) is 0 Å². The highest BCUT2D eigenvalue weighted by molar-refractivity contribution is 7.91. The van der Waals surface area contributed by atoms with Crippen LogP contribution >= 0.6 is 0 Å². The zero-order chi connectivity index (χ0) is 15.3. The second-order valence-corrected chi connectivity index (χ2v) is 8.26.